The lowest BCUT2D eigenvalue weighted by atomic mass is 9.96. The molecule has 2 aromatic carbocycles. The molecule has 37 heavy (non-hydrogen) atoms. The number of nitrogens with zero attached hydrogens (tertiary/aromatic N) is 3. The molecule has 0 amide bonds. The molecule has 1 atom stereocenters. The molecule has 0 unspecified atom stereocenters. The van der Waals surface area contributed by atoms with Gasteiger partial charge in [-0.25, -0.2) is 14.2 Å². The summed E-state index contributed by atoms with van der Waals surface area (Å²) in [5, 5.41) is 0. The Balaban J connectivity index is 1.68. The van der Waals surface area contributed by atoms with Crippen molar-refractivity contribution in [3.8, 4) is 5.69 Å². The van der Waals surface area contributed by atoms with Crippen LogP contribution in [0.4, 0.5) is 4.39 Å². The minimum Gasteiger partial charge on any atom is -0.463 e. The number of rotatable bonds is 5. The fraction of sp³-hybridized carbons (Fsp3) is 0.207. The van der Waals surface area contributed by atoms with Crippen LogP contribution >= 0.6 is 11.3 Å². The first kappa shape index (κ1) is 24.6. The van der Waals surface area contributed by atoms with Crippen LogP contribution < -0.4 is 14.9 Å². The van der Waals surface area contributed by atoms with Crippen LogP contribution in [0.1, 0.15) is 42.4 Å². The van der Waals surface area contributed by atoms with Crippen LogP contribution in [-0.4, -0.2) is 21.7 Å². The zero-order valence-corrected chi connectivity index (χ0v) is 21.8. The van der Waals surface area contributed by atoms with Gasteiger partial charge in [0.15, 0.2) is 4.80 Å². The van der Waals surface area contributed by atoms with Crippen LogP contribution in [0.15, 0.2) is 81.7 Å². The van der Waals surface area contributed by atoms with Crippen molar-refractivity contribution in [3.05, 3.63) is 120 Å². The summed E-state index contributed by atoms with van der Waals surface area (Å²) in [7, 11) is 0. The number of ether oxygens (including phenoxy) is 1. The van der Waals surface area contributed by atoms with Gasteiger partial charge in [0, 0.05) is 17.1 Å². The highest BCUT2D eigenvalue weighted by Gasteiger charge is 2.33. The molecule has 0 saturated carbocycles. The summed E-state index contributed by atoms with van der Waals surface area (Å²) in [4.78, 5) is 31.9. The third-order valence-corrected chi connectivity index (χ3v) is 7.46. The van der Waals surface area contributed by atoms with E-state index in [4.69, 9.17) is 4.74 Å². The molecular formula is C29H26FN3O3S. The summed E-state index contributed by atoms with van der Waals surface area (Å²) < 4.78 is 22.9. The number of benzene rings is 2. The number of esters is 1. The molecule has 0 bridgehead atoms. The SMILES string of the molecule is CCOC(=O)C1=C(C)N=c2sc(=Cc3cc(C)n(-c4ccc(F)cc4)c3C)c(=O)n2[C@@H]1c1ccccc1. The van der Waals surface area contributed by atoms with Gasteiger partial charge < -0.3 is 9.30 Å². The number of hydrogen-bond donors (Lipinski definition) is 0. The zero-order chi connectivity index (χ0) is 26.3. The van der Waals surface area contributed by atoms with Crippen LogP contribution in [0, 0.1) is 19.7 Å². The topological polar surface area (TPSA) is 65.6 Å². The van der Waals surface area contributed by atoms with Crippen molar-refractivity contribution < 1.29 is 13.9 Å². The van der Waals surface area contributed by atoms with E-state index in [0.717, 1.165) is 28.2 Å². The van der Waals surface area contributed by atoms with E-state index in [1.807, 2.05) is 60.9 Å². The summed E-state index contributed by atoms with van der Waals surface area (Å²) in [5.74, 6) is -0.771. The molecular weight excluding hydrogens is 489 g/mol. The first-order chi connectivity index (χ1) is 17.8. The molecule has 2 aromatic heterocycles. The van der Waals surface area contributed by atoms with Gasteiger partial charge in [-0.05, 0) is 75.2 Å². The van der Waals surface area contributed by atoms with E-state index < -0.39 is 12.0 Å². The fourth-order valence-electron chi connectivity index (χ4n) is 4.80. The number of carbonyl (C=O) groups excluding carboxylic acids is 1. The highest BCUT2D eigenvalue weighted by Crippen LogP contribution is 2.30. The van der Waals surface area contributed by atoms with Gasteiger partial charge in [-0.2, -0.15) is 0 Å². The van der Waals surface area contributed by atoms with Gasteiger partial charge in [0.2, 0.25) is 0 Å². The zero-order valence-electron chi connectivity index (χ0n) is 21.0. The summed E-state index contributed by atoms with van der Waals surface area (Å²) in [6.07, 6.45) is 1.86. The molecule has 188 valence electrons. The van der Waals surface area contributed by atoms with Crippen LogP contribution in [-0.2, 0) is 9.53 Å². The maximum Gasteiger partial charge on any atom is 0.338 e. The summed E-state index contributed by atoms with van der Waals surface area (Å²) in [6, 6.07) is 17.1. The molecule has 8 heteroatoms. The average Bonchev–Trinajstić information content (AvgIpc) is 3.33. The quantitative estimate of drug-likeness (QED) is 0.372. The van der Waals surface area contributed by atoms with Gasteiger partial charge in [-0.15, -0.1) is 0 Å². The molecule has 1 aliphatic heterocycles. The van der Waals surface area contributed by atoms with Crippen molar-refractivity contribution in [2.24, 2.45) is 4.99 Å². The lowest BCUT2D eigenvalue weighted by molar-refractivity contribution is -0.139. The van der Waals surface area contributed by atoms with Gasteiger partial charge in [-0.3, -0.25) is 9.36 Å². The molecule has 1 aliphatic rings. The second kappa shape index (κ2) is 9.78. The van der Waals surface area contributed by atoms with Crippen LogP contribution in [0.5, 0.6) is 0 Å². The minimum atomic E-state index is -0.634. The summed E-state index contributed by atoms with van der Waals surface area (Å²) in [5.41, 5.74) is 5.10. The third kappa shape index (κ3) is 4.38. The predicted molar refractivity (Wildman–Crippen MR) is 142 cm³/mol. The molecule has 0 N–H and O–H groups in total. The Kier molecular flexibility index (Phi) is 6.52. The first-order valence-corrected chi connectivity index (χ1v) is 12.8. The van der Waals surface area contributed by atoms with Gasteiger partial charge in [-0.1, -0.05) is 41.7 Å². The number of aromatic nitrogens is 2. The van der Waals surface area contributed by atoms with E-state index in [1.54, 1.807) is 30.5 Å². The average molecular weight is 516 g/mol. The molecule has 0 saturated heterocycles. The number of hydrogen-bond acceptors (Lipinski definition) is 5. The maximum absolute atomic E-state index is 13.8. The second-order valence-corrected chi connectivity index (χ2v) is 9.86. The molecule has 0 fully saturated rings. The Morgan fingerprint density at radius 1 is 1.11 bits per heavy atom. The van der Waals surface area contributed by atoms with Crippen molar-refractivity contribution in [1.29, 1.82) is 0 Å². The lowest BCUT2D eigenvalue weighted by Gasteiger charge is -2.24. The van der Waals surface area contributed by atoms with Crippen molar-refractivity contribution in [2.75, 3.05) is 6.61 Å². The van der Waals surface area contributed by atoms with E-state index in [9.17, 15) is 14.0 Å². The largest absolute Gasteiger partial charge is 0.463 e. The predicted octanol–water partition coefficient (Wildman–Crippen LogP) is 4.34. The Labute approximate surface area is 217 Å². The summed E-state index contributed by atoms with van der Waals surface area (Å²) in [6.45, 7) is 7.69. The number of thiazole rings is 1. The van der Waals surface area contributed by atoms with Crippen LogP contribution in [0.25, 0.3) is 11.8 Å². The standard InChI is InChI=1S/C29H26FN3O3S/c1-5-36-28(35)25-18(3)31-29-33(26(25)20-9-7-6-8-10-20)27(34)24(37-29)16-21-15-17(2)32(19(21)4)23-13-11-22(30)12-14-23/h6-16,26H,5H2,1-4H3/t26-/m1/s1. The van der Waals surface area contributed by atoms with Crippen molar-refractivity contribution in [2.45, 2.75) is 33.7 Å². The van der Waals surface area contributed by atoms with Gasteiger partial charge in [0.25, 0.3) is 5.56 Å². The minimum absolute atomic E-state index is 0.224. The monoisotopic (exact) mass is 515 g/mol. The Morgan fingerprint density at radius 3 is 2.49 bits per heavy atom. The lowest BCUT2D eigenvalue weighted by Crippen LogP contribution is -2.39. The molecule has 5 rings (SSSR count). The highest BCUT2D eigenvalue weighted by atomic mass is 32.1. The first-order valence-electron chi connectivity index (χ1n) is 12.0. The Morgan fingerprint density at radius 2 is 1.81 bits per heavy atom. The smallest absolute Gasteiger partial charge is 0.338 e. The number of aryl methyl sites for hydroxylation is 1. The Hall–Kier alpha value is -4.04. The van der Waals surface area contributed by atoms with E-state index >= 15 is 0 Å². The number of fused-ring (bicyclic) bond motifs is 1. The number of halogens is 1. The van der Waals surface area contributed by atoms with Gasteiger partial charge in [0.05, 0.1) is 28.5 Å². The molecule has 3 heterocycles. The molecule has 0 radical (unpaired) electrons. The molecule has 0 aliphatic carbocycles. The van der Waals surface area contributed by atoms with Crippen molar-refractivity contribution >= 4 is 23.4 Å². The molecule has 6 nitrogen and oxygen atoms in total. The van der Waals surface area contributed by atoms with Crippen LogP contribution in [0.2, 0.25) is 0 Å². The molecule has 4 aromatic rings. The van der Waals surface area contributed by atoms with Crippen LogP contribution in [0.3, 0.4) is 0 Å². The second-order valence-electron chi connectivity index (χ2n) is 8.85. The van der Waals surface area contributed by atoms with E-state index in [-0.39, 0.29) is 18.0 Å². The highest BCUT2D eigenvalue weighted by molar-refractivity contribution is 7.07. The maximum atomic E-state index is 13.8. The van der Waals surface area contributed by atoms with E-state index in [1.165, 1.54) is 23.5 Å². The number of carbonyl (C=O) groups is 1. The number of allylic oxidation sites excluding steroid dienone is 1. The fourth-order valence-corrected chi connectivity index (χ4v) is 5.84. The van der Waals surface area contributed by atoms with Gasteiger partial charge >= 0.3 is 5.97 Å². The van der Waals surface area contributed by atoms with Crippen molar-refractivity contribution in [3.63, 3.8) is 0 Å². The third-order valence-electron chi connectivity index (χ3n) is 6.47. The normalized spacial score (nSPS) is 15.5. The Bertz CT molecular complexity index is 1710. The van der Waals surface area contributed by atoms with E-state index in [2.05, 4.69) is 4.99 Å². The van der Waals surface area contributed by atoms with Crippen molar-refractivity contribution in [1.82, 2.24) is 9.13 Å². The van der Waals surface area contributed by atoms with Gasteiger partial charge in [0.1, 0.15) is 5.82 Å². The summed E-state index contributed by atoms with van der Waals surface area (Å²) >= 11 is 1.29. The molecule has 0 spiro atoms. The van der Waals surface area contributed by atoms with E-state index in [0.29, 0.717) is 20.6 Å².